The number of aliphatic hydroxyl groups is 1. The summed E-state index contributed by atoms with van der Waals surface area (Å²) >= 11 is 0. The number of carboxylic acid groups (broad SMARTS) is 1. The molecule has 1 fully saturated rings. The van der Waals surface area contributed by atoms with E-state index in [1.807, 2.05) is 6.07 Å². The Bertz CT molecular complexity index is 1330. The summed E-state index contributed by atoms with van der Waals surface area (Å²) in [4.78, 5) is 17.3. The Morgan fingerprint density at radius 3 is 2.94 bits per heavy atom. The molecule has 7 rings (SSSR count). The van der Waals surface area contributed by atoms with Crippen molar-refractivity contribution in [2.24, 2.45) is 0 Å². The number of benzene rings is 2. The molecular weight excluding hydrogens is 396 g/mol. The van der Waals surface area contributed by atoms with Crippen LogP contribution in [0.4, 0.5) is 0 Å². The van der Waals surface area contributed by atoms with Gasteiger partial charge < -0.3 is 29.9 Å². The fourth-order valence-corrected chi connectivity index (χ4v) is 7.03. The quantitative estimate of drug-likeness (QED) is 0.484. The number of ether oxygens (including phenoxy) is 1. The van der Waals surface area contributed by atoms with Gasteiger partial charge in [0, 0.05) is 28.9 Å². The highest BCUT2D eigenvalue weighted by Gasteiger charge is 2.72. The van der Waals surface area contributed by atoms with Crippen molar-refractivity contribution in [3.8, 4) is 11.5 Å². The Morgan fingerprint density at radius 1 is 1.29 bits per heavy atom. The van der Waals surface area contributed by atoms with Crippen LogP contribution in [0.3, 0.4) is 0 Å². The number of phenolic OH excluding ortho intramolecular Hbond substituents is 1. The predicted octanol–water partition coefficient (Wildman–Crippen LogP) is 2.49. The van der Waals surface area contributed by atoms with Crippen LogP contribution in [0.25, 0.3) is 10.9 Å². The maximum Gasteiger partial charge on any atom is 0.335 e. The van der Waals surface area contributed by atoms with E-state index in [1.54, 1.807) is 24.3 Å². The van der Waals surface area contributed by atoms with Crippen molar-refractivity contribution >= 4 is 16.9 Å². The Kier molecular flexibility index (Phi) is 2.97. The number of nitrogens with zero attached hydrogens (tertiary/aromatic N) is 1. The van der Waals surface area contributed by atoms with Gasteiger partial charge in [-0.25, -0.2) is 4.79 Å². The third-order valence-electron chi connectivity index (χ3n) is 8.38. The molecule has 3 aromatic rings. The number of rotatable bonds is 1. The molecule has 4 atom stereocenters. The summed E-state index contributed by atoms with van der Waals surface area (Å²) in [5.41, 5.74) is 3.21. The number of hydrogen-bond acceptors (Lipinski definition) is 5. The van der Waals surface area contributed by atoms with Gasteiger partial charge in [0.15, 0.2) is 17.6 Å². The van der Waals surface area contributed by atoms with Crippen molar-refractivity contribution in [3.05, 3.63) is 58.3 Å². The van der Waals surface area contributed by atoms with Gasteiger partial charge in [0.2, 0.25) is 0 Å². The number of aromatic carboxylic acids is 1. The van der Waals surface area contributed by atoms with Gasteiger partial charge in [-0.3, -0.25) is 0 Å². The topological polar surface area (TPSA) is 106 Å². The van der Waals surface area contributed by atoms with Gasteiger partial charge in [0.25, 0.3) is 0 Å². The SMILES string of the molecule is CN1CC[C@]23c4c5ccc(O)c4O[C@H]2c2[nH]c4ccc(C(=O)O)cc4c2C[C@@]3(O)[C@@H]1C5. The van der Waals surface area contributed by atoms with E-state index in [-0.39, 0.29) is 17.4 Å². The largest absolute Gasteiger partial charge is 0.504 e. The minimum absolute atomic E-state index is 0.0869. The zero-order valence-corrected chi connectivity index (χ0v) is 17.0. The first-order valence-corrected chi connectivity index (χ1v) is 10.7. The molecule has 158 valence electrons. The Labute approximate surface area is 177 Å². The van der Waals surface area contributed by atoms with Gasteiger partial charge in [-0.05, 0) is 61.8 Å². The first-order chi connectivity index (χ1) is 14.8. The molecular formula is C24H22N2O5. The van der Waals surface area contributed by atoms with Gasteiger partial charge in [0.05, 0.1) is 22.3 Å². The zero-order chi connectivity index (χ0) is 21.3. The summed E-state index contributed by atoms with van der Waals surface area (Å²) in [7, 11) is 2.06. The van der Waals surface area contributed by atoms with Crippen molar-refractivity contribution < 1.29 is 24.9 Å². The molecule has 2 aliphatic heterocycles. The highest BCUT2D eigenvalue weighted by Crippen LogP contribution is 2.68. The lowest BCUT2D eigenvalue weighted by molar-refractivity contribution is -0.167. The Hall–Kier alpha value is -3.03. The van der Waals surface area contributed by atoms with Gasteiger partial charge in [0.1, 0.15) is 0 Å². The number of likely N-dealkylation sites (tertiary alicyclic amines) is 1. The molecule has 0 saturated carbocycles. The molecule has 3 heterocycles. The number of H-pyrrole nitrogens is 1. The van der Waals surface area contributed by atoms with Gasteiger partial charge in [-0.1, -0.05) is 6.07 Å². The average molecular weight is 418 g/mol. The van der Waals surface area contributed by atoms with Gasteiger partial charge >= 0.3 is 5.97 Å². The van der Waals surface area contributed by atoms with Crippen LogP contribution in [0.2, 0.25) is 0 Å². The summed E-state index contributed by atoms with van der Waals surface area (Å²) in [6, 6.07) is 8.62. The number of carboxylic acids is 1. The third kappa shape index (κ3) is 1.79. The first kappa shape index (κ1) is 17.6. The molecule has 1 saturated heterocycles. The van der Waals surface area contributed by atoms with Crippen LogP contribution in [-0.4, -0.2) is 56.4 Å². The zero-order valence-electron chi connectivity index (χ0n) is 17.0. The number of aromatic amines is 1. The van der Waals surface area contributed by atoms with Crippen molar-refractivity contribution in [3.63, 3.8) is 0 Å². The number of carbonyl (C=O) groups is 1. The maximum atomic E-state index is 12.4. The van der Waals surface area contributed by atoms with Crippen molar-refractivity contribution in [2.75, 3.05) is 13.6 Å². The fraction of sp³-hybridized carbons (Fsp3) is 0.375. The van der Waals surface area contributed by atoms with Crippen LogP contribution in [0.5, 0.6) is 11.5 Å². The molecule has 7 nitrogen and oxygen atoms in total. The van der Waals surface area contributed by atoms with Crippen molar-refractivity contribution in [2.45, 2.75) is 42.4 Å². The van der Waals surface area contributed by atoms with Crippen LogP contribution in [-0.2, 0) is 18.3 Å². The smallest absolute Gasteiger partial charge is 0.335 e. The van der Waals surface area contributed by atoms with Crippen LogP contribution < -0.4 is 4.74 Å². The molecule has 2 bridgehead atoms. The summed E-state index contributed by atoms with van der Waals surface area (Å²) < 4.78 is 6.47. The van der Waals surface area contributed by atoms with E-state index in [1.165, 1.54) is 0 Å². The van der Waals surface area contributed by atoms with Crippen LogP contribution in [0.15, 0.2) is 30.3 Å². The molecule has 0 unspecified atom stereocenters. The standard InChI is InChI=1S/C24H22N2O5/c1-26-7-6-23-18-11-3-5-16(27)20(18)31-21(23)19-14(10-24(23,30)17(26)9-11)13-8-12(22(28)29)2-4-15(13)25-19/h2-5,8,17,21,25,27,30H,6-7,9-10H2,1H3,(H,28,29)/t17-,21-,23-,24+/m0/s1. The second kappa shape index (κ2) is 5.23. The number of nitrogens with one attached hydrogen (secondary N) is 1. The van der Waals surface area contributed by atoms with E-state index in [4.69, 9.17) is 4.74 Å². The lowest BCUT2D eigenvalue weighted by atomic mass is 9.49. The molecule has 31 heavy (non-hydrogen) atoms. The molecule has 2 aromatic carbocycles. The summed E-state index contributed by atoms with van der Waals surface area (Å²) in [5, 5.41) is 33.4. The molecule has 1 spiro atoms. The molecule has 0 amide bonds. The summed E-state index contributed by atoms with van der Waals surface area (Å²) in [6.07, 6.45) is 1.36. The molecule has 4 aliphatic rings. The van der Waals surface area contributed by atoms with E-state index in [0.717, 1.165) is 46.3 Å². The lowest BCUT2D eigenvalue weighted by Gasteiger charge is -2.62. The van der Waals surface area contributed by atoms with Crippen LogP contribution in [0.1, 0.15) is 45.3 Å². The predicted molar refractivity (Wildman–Crippen MR) is 112 cm³/mol. The van der Waals surface area contributed by atoms with Crippen LogP contribution >= 0.6 is 0 Å². The number of piperidine rings is 1. The Balaban J connectivity index is 1.57. The first-order valence-electron chi connectivity index (χ1n) is 10.7. The minimum Gasteiger partial charge on any atom is -0.504 e. The number of hydrogen-bond donors (Lipinski definition) is 4. The van der Waals surface area contributed by atoms with E-state index in [2.05, 4.69) is 16.9 Å². The van der Waals surface area contributed by atoms with Crippen molar-refractivity contribution in [1.82, 2.24) is 9.88 Å². The lowest BCUT2D eigenvalue weighted by Crippen LogP contribution is -2.73. The average Bonchev–Trinajstić information content (AvgIpc) is 3.27. The normalized spacial score (nSPS) is 32.5. The van der Waals surface area contributed by atoms with Crippen molar-refractivity contribution in [1.29, 1.82) is 0 Å². The second-order valence-corrected chi connectivity index (χ2v) is 9.55. The summed E-state index contributed by atoms with van der Waals surface area (Å²) in [5.74, 6) is -0.383. The molecule has 4 N–H and O–H groups in total. The van der Waals surface area contributed by atoms with E-state index >= 15 is 0 Å². The molecule has 2 aliphatic carbocycles. The number of aromatic nitrogens is 1. The number of fused-ring (bicyclic) bond motifs is 4. The molecule has 0 radical (unpaired) electrons. The Morgan fingerprint density at radius 2 is 2.13 bits per heavy atom. The molecule has 1 aromatic heterocycles. The number of aromatic hydroxyl groups is 1. The monoisotopic (exact) mass is 418 g/mol. The van der Waals surface area contributed by atoms with Gasteiger partial charge in [-0.15, -0.1) is 0 Å². The van der Waals surface area contributed by atoms with E-state index in [9.17, 15) is 20.1 Å². The van der Waals surface area contributed by atoms with Gasteiger partial charge in [-0.2, -0.15) is 0 Å². The van der Waals surface area contributed by atoms with E-state index < -0.39 is 23.1 Å². The second-order valence-electron chi connectivity index (χ2n) is 9.55. The maximum absolute atomic E-state index is 12.4. The fourth-order valence-electron chi connectivity index (χ4n) is 7.03. The number of phenols is 1. The molecule has 7 heteroatoms. The third-order valence-corrected chi connectivity index (χ3v) is 8.38. The van der Waals surface area contributed by atoms with Crippen LogP contribution in [0, 0.1) is 0 Å². The number of likely N-dealkylation sites (N-methyl/N-ethyl adjacent to an activating group) is 1. The highest BCUT2D eigenvalue weighted by atomic mass is 16.5. The van der Waals surface area contributed by atoms with E-state index in [0.29, 0.717) is 18.6 Å². The highest BCUT2D eigenvalue weighted by molar-refractivity contribution is 5.95. The minimum atomic E-state index is -1.09. The summed E-state index contributed by atoms with van der Waals surface area (Å²) in [6.45, 7) is 0.833.